The van der Waals surface area contributed by atoms with E-state index < -0.39 is 0 Å². The van der Waals surface area contributed by atoms with Gasteiger partial charge in [0.2, 0.25) is 6.41 Å². The number of hydrogen-bond acceptors (Lipinski definition) is 6. The largest absolute Gasteiger partial charge is 0.409 e. The Morgan fingerprint density at radius 1 is 1.65 bits per heavy atom. The minimum atomic E-state index is -0.190. The van der Waals surface area contributed by atoms with Crippen LogP contribution in [0.5, 0.6) is 0 Å². The Bertz CT molecular complexity index is 264. The van der Waals surface area contributed by atoms with Gasteiger partial charge in [-0.15, -0.1) is 0 Å². The van der Waals surface area contributed by atoms with Gasteiger partial charge in [-0.25, -0.2) is 0 Å². The minimum Gasteiger partial charge on any atom is -0.409 e. The lowest BCUT2D eigenvalue weighted by molar-refractivity contribution is -0.108. The topological polar surface area (TPSA) is 94.4 Å². The van der Waals surface area contributed by atoms with Crippen LogP contribution in [-0.4, -0.2) is 60.9 Å². The lowest BCUT2D eigenvalue weighted by Gasteiger charge is -2.17. The fourth-order valence-electron chi connectivity index (χ4n) is 1.07. The van der Waals surface area contributed by atoms with Crippen LogP contribution in [0.4, 0.5) is 0 Å². The second kappa shape index (κ2) is 9.61. The molecule has 0 aliphatic rings. The summed E-state index contributed by atoms with van der Waals surface area (Å²) in [6.07, 6.45) is 4.00. The number of rotatable bonds is 8. The SMILES string of the molecule is COC(CO)CCN(C)/C=C\C(=NO)NC=O. The molecule has 17 heavy (non-hydrogen) atoms. The van der Waals surface area contributed by atoms with Crippen LogP contribution in [-0.2, 0) is 9.53 Å². The van der Waals surface area contributed by atoms with Crippen molar-refractivity contribution in [2.75, 3.05) is 27.3 Å². The molecule has 0 radical (unpaired) electrons. The van der Waals surface area contributed by atoms with Gasteiger partial charge in [0.1, 0.15) is 0 Å². The Labute approximate surface area is 100 Å². The number of aliphatic hydroxyl groups excluding tert-OH is 1. The molecule has 0 fully saturated rings. The number of carbonyl (C=O) groups excluding carboxylic acids is 1. The quantitative estimate of drug-likeness (QED) is 0.174. The Balaban J connectivity index is 4.03. The molecular weight excluding hydrogens is 226 g/mol. The molecule has 0 bridgehead atoms. The number of nitrogens with zero attached hydrogens (tertiary/aromatic N) is 2. The number of carbonyl (C=O) groups is 1. The Kier molecular flexibility index (Phi) is 8.71. The highest BCUT2D eigenvalue weighted by Gasteiger charge is 2.05. The number of ether oxygens (including phenoxy) is 1. The number of amidine groups is 1. The average Bonchev–Trinajstić information content (AvgIpc) is 2.35. The Morgan fingerprint density at radius 2 is 2.35 bits per heavy atom. The summed E-state index contributed by atoms with van der Waals surface area (Å²) in [6.45, 7) is 0.638. The van der Waals surface area contributed by atoms with E-state index in [9.17, 15) is 4.79 Å². The number of oxime groups is 1. The highest BCUT2D eigenvalue weighted by molar-refractivity contribution is 5.98. The lowest BCUT2D eigenvalue weighted by atomic mass is 10.2. The van der Waals surface area contributed by atoms with E-state index in [1.807, 2.05) is 11.9 Å². The van der Waals surface area contributed by atoms with Gasteiger partial charge in [0.25, 0.3) is 0 Å². The van der Waals surface area contributed by atoms with Gasteiger partial charge in [0, 0.05) is 33.0 Å². The van der Waals surface area contributed by atoms with Gasteiger partial charge in [-0.3, -0.25) is 4.79 Å². The normalized spacial score (nSPS) is 13.7. The summed E-state index contributed by atoms with van der Waals surface area (Å²) in [5, 5.41) is 22.5. The van der Waals surface area contributed by atoms with Gasteiger partial charge < -0.3 is 25.3 Å². The first-order valence-corrected chi connectivity index (χ1v) is 5.12. The van der Waals surface area contributed by atoms with Crippen LogP contribution >= 0.6 is 0 Å². The van der Waals surface area contributed by atoms with Gasteiger partial charge in [0.05, 0.1) is 12.7 Å². The maximum absolute atomic E-state index is 10.1. The minimum absolute atomic E-state index is 0.0237. The van der Waals surface area contributed by atoms with Crippen molar-refractivity contribution in [2.24, 2.45) is 5.16 Å². The zero-order valence-electron chi connectivity index (χ0n) is 10.0. The first kappa shape index (κ1) is 15.4. The van der Waals surface area contributed by atoms with Crippen molar-refractivity contribution in [2.45, 2.75) is 12.5 Å². The number of hydrogen-bond donors (Lipinski definition) is 3. The second-order valence-electron chi connectivity index (χ2n) is 3.37. The van der Waals surface area contributed by atoms with E-state index in [4.69, 9.17) is 15.1 Å². The van der Waals surface area contributed by atoms with Crippen molar-refractivity contribution >= 4 is 12.2 Å². The molecule has 0 aromatic heterocycles. The molecule has 3 N–H and O–H groups in total. The molecule has 0 aromatic carbocycles. The fourth-order valence-corrected chi connectivity index (χ4v) is 1.07. The predicted molar refractivity (Wildman–Crippen MR) is 62.7 cm³/mol. The first-order chi connectivity index (χ1) is 8.17. The van der Waals surface area contributed by atoms with Crippen LogP contribution in [0.25, 0.3) is 0 Å². The highest BCUT2D eigenvalue weighted by Crippen LogP contribution is 1.98. The summed E-state index contributed by atoms with van der Waals surface area (Å²) in [6, 6.07) is 0. The molecule has 0 spiro atoms. The van der Waals surface area contributed by atoms with Gasteiger partial charge >= 0.3 is 0 Å². The summed E-state index contributed by atoms with van der Waals surface area (Å²) < 4.78 is 5.01. The molecule has 0 saturated carbocycles. The lowest BCUT2D eigenvalue weighted by Crippen LogP contribution is -2.24. The fraction of sp³-hybridized carbons (Fsp3) is 0.600. The van der Waals surface area contributed by atoms with Crippen LogP contribution < -0.4 is 5.32 Å². The molecule has 98 valence electrons. The molecule has 7 nitrogen and oxygen atoms in total. The third-order valence-electron chi connectivity index (χ3n) is 2.14. The van der Waals surface area contributed by atoms with Crippen LogP contribution in [0, 0.1) is 0 Å². The molecule has 0 heterocycles. The van der Waals surface area contributed by atoms with Crippen LogP contribution in [0.2, 0.25) is 0 Å². The van der Waals surface area contributed by atoms with Crippen molar-refractivity contribution in [1.29, 1.82) is 0 Å². The molecule has 0 aromatic rings. The molecule has 1 unspecified atom stereocenters. The molecule has 0 aliphatic heterocycles. The Hall–Kier alpha value is -1.60. The average molecular weight is 245 g/mol. The number of methoxy groups -OCH3 is 1. The number of amides is 1. The highest BCUT2D eigenvalue weighted by atomic mass is 16.5. The monoisotopic (exact) mass is 245 g/mol. The Morgan fingerprint density at radius 3 is 2.82 bits per heavy atom. The van der Waals surface area contributed by atoms with E-state index in [1.54, 1.807) is 13.3 Å². The third-order valence-corrected chi connectivity index (χ3v) is 2.14. The van der Waals surface area contributed by atoms with E-state index >= 15 is 0 Å². The first-order valence-electron chi connectivity index (χ1n) is 5.12. The summed E-state index contributed by atoms with van der Waals surface area (Å²) in [7, 11) is 3.36. The van der Waals surface area contributed by atoms with E-state index in [-0.39, 0.29) is 18.5 Å². The van der Waals surface area contributed by atoms with Gasteiger partial charge in [0.15, 0.2) is 5.84 Å². The van der Waals surface area contributed by atoms with Gasteiger partial charge in [-0.05, 0) is 6.42 Å². The van der Waals surface area contributed by atoms with E-state index in [0.717, 1.165) is 0 Å². The van der Waals surface area contributed by atoms with Crippen molar-refractivity contribution in [1.82, 2.24) is 10.2 Å². The molecule has 1 amide bonds. The van der Waals surface area contributed by atoms with Crippen molar-refractivity contribution in [3.63, 3.8) is 0 Å². The molecule has 0 aliphatic carbocycles. The van der Waals surface area contributed by atoms with E-state index in [0.29, 0.717) is 19.4 Å². The molecule has 1 atom stereocenters. The van der Waals surface area contributed by atoms with Gasteiger partial charge in [-0.1, -0.05) is 5.16 Å². The van der Waals surface area contributed by atoms with Crippen molar-refractivity contribution < 1.29 is 19.8 Å². The van der Waals surface area contributed by atoms with Crippen LogP contribution in [0.1, 0.15) is 6.42 Å². The smallest absolute Gasteiger partial charge is 0.212 e. The molecular formula is C10H19N3O4. The van der Waals surface area contributed by atoms with E-state index in [2.05, 4.69) is 10.5 Å². The van der Waals surface area contributed by atoms with Crippen LogP contribution in [0.15, 0.2) is 17.4 Å². The third kappa shape index (κ3) is 7.31. The van der Waals surface area contributed by atoms with E-state index in [1.165, 1.54) is 6.08 Å². The predicted octanol–water partition coefficient (Wildman–Crippen LogP) is -0.637. The summed E-state index contributed by atoms with van der Waals surface area (Å²) in [4.78, 5) is 11.9. The number of aliphatic hydroxyl groups is 1. The maximum Gasteiger partial charge on any atom is 0.212 e. The second-order valence-corrected chi connectivity index (χ2v) is 3.37. The summed E-state index contributed by atoms with van der Waals surface area (Å²) in [5.74, 6) is 0.0531. The standard InChI is InChI=1S/C10H19N3O4/c1-13(5-3-9(7-14)17-2)6-4-10(12-16)11-8-15/h4,6,8-9,14,16H,3,5,7H2,1-2H3,(H,11,12,15)/b6-4-. The van der Waals surface area contributed by atoms with Crippen molar-refractivity contribution in [3.05, 3.63) is 12.3 Å². The molecule has 7 heteroatoms. The summed E-state index contributed by atoms with van der Waals surface area (Å²) in [5.41, 5.74) is 0. The van der Waals surface area contributed by atoms with Gasteiger partial charge in [-0.2, -0.15) is 0 Å². The molecule has 0 rings (SSSR count). The number of nitrogens with one attached hydrogen (secondary N) is 1. The van der Waals surface area contributed by atoms with Crippen molar-refractivity contribution in [3.8, 4) is 0 Å². The molecule has 0 saturated heterocycles. The summed E-state index contributed by atoms with van der Waals surface area (Å²) >= 11 is 0. The zero-order valence-corrected chi connectivity index (χ0v) is 10.0. The zero-order chi connectivity index (χ0) is 13.1. The maximum atomic E-state index is 10.1. The van der Waals surface area contributed by atoms with Crippen LogP contribution in [0.3, 0.4) is 0 Å².